The Morgan fingerprint density at radius 2 is 1.54 bits per heavy atom. The number of rotatable bonds is 6. The predicted octanol–water partition coefficient (Wildman–Crippen LogP) is 4.70. The molecule has 3 heterocycles. The van der Waals surface area contributed by atoms with E-state index < -0.39 is 17.6 Å². The van der Waals surface area contributed by atoms with Crippen LogP contribution in [0.15, 0.2) is 42.5 Å². The average Bonchev–Trinajstić information content (AvgIpc) is 2.92. The number of alkyl halides is 3. The number of piperidine rings is 2. The number of nitrogens with zero attached hydrogens (tertiary/aromatic N) is 4. The van der Waals surface area contributed by atoms with Crippen molar-refractivity contribution in [1.29, 1.82) is 0 Å². The molecular formula is C28H35ClF3N5O2. The lowest BCUT2D eigenvalue weighted by atomic mass is 9.82. The summed E-state index contributed by atoms with van der Waals surface area (Å²) >= 11 is 6.28. The topological polar surface area (TPSA) is 82.8 Å². The van der Waals surface area contributed by atoms with Gasteiger partial charge in [0.1, 0.15) is 11.0 Å². The predicted molar refractivity (Wildman–Crippen MR) is 144 cm³/mol. The fourth-order valence-corrected chi connectivity index (χ4v) is 5.83. The van der Waals surface area contributed by atoms with E-state index in [2.05, 4.69) is 9.88 Å². The summed E-state index contributed by atoms with van der Waals surface area (Å²) in [6, 6.07) is 10.6. The Morgan fingerprint density at radius 3 is 2.05 bits per heavy atom. The Hall–Kier alpha value is -2.85. The first-order chi connectivity index (χ1) is 18.4. The van der Waals surface area contributed by atoms with Crippen LogP contribution in [0.25, 0.3) is 0 Å². The molecule has 39 heavy (non-hydrogen) atoms. The van der Waals surface area contributed by atoms with Crippen molar-refractivity contribution in [3.63, 3.8) is 0 Å². The zero-order valence-electron chi connectivity index (χ0n) is 22.3. The molecule has 11 heteroatoms. The number of amides is 2. The van der Waals surface area contributed by atoms with Crippen LogP contribution >= 0.6 is 11.6 Å². The van der Waals surface area contributed by atoms with Gasteiger partial charge in [-0.25, -0.2) is 4.98 Å². The van der Waals surface area contributed by atoms with E-state index in [9.17, 15) is 22.8 Å². The lowest BCUT2D eigenvalue weighted by Gasteiger charge is -2.40. The van der Waals surface area contributed by atoms with Gasteiger partial charge in [0.05, 0.1) is 5.56 Å². The van der Waals surface area contributed by atoms with Crippen molar-refractivity contribution in [2.75, 3.05) is 45.2 Å². The van der Waals surface area contributed by atoms with Gasteiger partial charge in [-0.2, -0.15) is 13.2 Å². The lowest BCUT2D eigenvalue weighted by molar-refractivity contribution is -0.201. The fraction of sp³-hybridized carbons (Fsp3) is 0.536. The normalized spacial score (nSPS) is 19.1. The molecule has 2 aromatic rings. The van der Waals surface area contributed by atoms with Crippen molar-refractivity contribution in [1.82, 2.24) is 14.8 Å². The van der Waals surface area contributed by atoms with Gasteiger partial charge in [-0.1, -0.05) is 41.9 Å². The number of hydrogen-bond donors (Lipinski definition) is 1. The number of nitrogens with two attached hydrogens (primary N) is 1. The van der Waals surface area contributed by atoms with E-state index in [1.807, 2.05) is 6.07 Å². The van der Waals surface area contributed by atoms with Crippen molar-refractivity contribution in [2.24, 2.45) is 17.6 Å². The van der Waals surface area contributed by atoms with Crippen LogP contribution in [0.5, 0.6) is 0 Å². The highest BCUT2D eigenvalue weighted by Crippen LogP contribution is 2.40. The molecule has 4 rings (SSSR count). The number of pyridine rings is 1. The molecular weight excluding hydrogens is 531 g/mol. The van der Waals surface area contributed by atoms with E-state index in [1.165, 1.54) is 34.1 Å². The third kappa shape index (κ3) is 6.17. The molecule has 0 bridgehead atoms. The maximum absolute atomic E-state index is 14.0. The number of likely N-dealkylation sites (tertiary alicyclic amines) is 1. The van der Waals surface area contributed by atoms with Gasteiger partial charge in [0, 0.05) is 40.3 Å². The lowest BCUT2D eigenvalue weighted by Crippen LogP contribution is -2.62. The van der Waals surface area contributed by atoms with Gasteiger partial charge >= 0.3 is 6.18 Å². The van der Waals surface area contributed by atoms with E-state index in [0.717, 1.165) is 38.2 Å². The zero-order chi connectivity index (χ0) is 28.4. The Kier molecular flexibility index (Phi) is 8.75. The Labute approximate surface area is 232 Å². The summed E-state index contributed by atoms with van der Waals surface area (Å²) in [5.74, 6) is 0.309. The van der Waals surface area contributed by atoms with Crippen LogP contribution < -0.4 is 10.6 Å². The molecule has 2 saturated heterocycles. The van der Waals surface area contributed by atoms with Crippen LogP contribution in [0.2, 0.25) is 5.15 Å². The van der Waals surface area contributed by atoms with Crippen molar-refractivity contribution in [3.8, 4) is 0 Å². The van der Waals surface area contributed by atoms with Crippen molar-refractivity contribution < 1.29 is 22.8 Å². The molecule has 0 spiro atoms. The summed E-state index contributed by atoms with van der Waals surface area (Å²) in [6.45, 7) is 2.16. The third-order valence-corrected chi connectivity index (χ3v) is 8.28. The number of anilines is 1. The molecule has 0 saturated carbocycles. The Morgan fingerprint density at radius 1 is 0.974 bits per heavy atom. The largest absolute Gasteiger partial charge is 0.419 e. The minimum absolute atomic E-state index is 0.189. The van der Waals surface area contributed by atoms with Crippen LogP contribution in [-0.2, 0) is 10.3 Å². The van der Waals surface area contributed by atoms with Crippen LogP contribution in [0.3, 0.4) is 0 Å². The third-order valence-electron chi connectivity index (χ3n) is 7.99. The Balaban J connectivity index is 1.29. The number of carbonyl (C=O) groups is 2. The van der Waals surface area contributed by atoms with Gasteiger partial charge in [0.15, 0.2) is 0 Å². The van der Waals surface area contributed by atoms with Crippen LogP contribution in [0.1, 0.15) is 48.0 Å². The molecule has 2 N–H and O–H groups in total. The van der Waals surface area contributed by atoms with Crippen molar-refractivity contribution in [2.45, 2.75) is 43.8 Å². The molecule has 0 radical (unpaired) electrons. The van der Waals surface area contributed by atoms with Crippen molar-refractivity contribution >= 4 is 29.2 Å². The smallest absolute Gasteiger partial charge is 0.357 e. The second-order valence-corrected chi connectivity index (χ2v) is 11.1. The zero-order valence-corrected chi connectivity index (χ0v) is 23.0. The molecule has 1 atom stereocenters. The summed E-state index contributed by atoms with van der Waals surface area (Å²) in [5.41, 5.74) is 2.88. The molecule has 2 fully saturated rings. The highest BCUT2D eigenvalue weighted by Gasteiger charge is 2.60. The van der Waals surface area contributed by atoms with Gasteiger partial charge in [0.25, 0.3) is 11.8 Å². The summed E-state index contributed by atoms with van der Waals surface area (Å²) in [7, 11) is 3.33. The number of benzene rings is 1. The fourth-order valence-electron chi connectivity index (χ4n) is 5.60. The van der Waals surface area contributed by atoms with E-state index in [0.29, 0.717) is 30.2 Å². The average molecular weight is 566 g/mol. The highest BCUT2D eigenvalue weighted by molar-refractivity contribution is 6.32. The molecule has 1 aromatic heterocycles. The first-order valence-corrected chi connectivity index (χ1v) is 13.6. The molecule has 2 aliphatic heterocycles. The first kappa shape index (κ1) is 29.1. The van der Waals surface area contributed by atoms with Crippen LogP contribution in [-0.4, -0.2) is 73.0 Å². The van der Waals surface area contributed by atoms with E-state index in [1.54, 1.807) is 26.2 Å². The molecule has 2 aliphatic rings. The number of carbonyl (C=O) groups excluding carboxylic acids is 2. The molecule has 0 aliphatic carbocycles. The molecule has 7 nitrogen and oxygen atoms in total. The number of aromatic nitrogens is 1. The monoisotopic (exact) mass is 565 g/mol. The standard InChI is InChI=1S/C28H35ClF3N5O2/c1-35(2)25(38)22-8-9-23(34-24(22)29)36-14-10-19(11-15-36)18-20-12-16-37(17-13-20)26(39)27(33,28(30,31)32)21-6-4-3-5-7-21/h3-9,19-20H,10-18,33H2,1-2H3. The van der Waals surface area contributed by atoms with Gasteiger partial charge in [0.2, 0.25) is 5.54 Å². The van der Waals surface area contributed by atoms with E-state index >= 15 is 0 Å². The maximum atomic E-state index is 14.0. The molecule has 212 valence electrons. The summed E-state index contributed by atoms with van der Waals surface area (Å²) in [6.07, 6.45) is -0.681. The van der Waals surface area contributed by atoms with E-state index in [4.69, 9.17) is 17.3 Å². The van der Waals surface area contributed by atoms with Gasteiger partial charge in [-0.3, -0.25) is 9.59 Å². The van der Waals surface area contributed by atoms with E-state index in [-0.39, 0.29) is 29.7 Å². The van der Waals surface area contributed by atoms with Gasteiger partial charge in [-0.15, -0.1) is 0 Å². The van der Waals surface area contributed by atoms with Gasteiger partial charge < -0.3 is 20.4 Å². The summed E-state index contributed by atoms with van der Waals surface area (Å²) in [5, 5.41) is 0.189. The highest BCUT2D eigenvalue weighted by atomic mass is 35.5. The van der Waals surface area contributed by atoms with Crippen LogP contribution in [0.4, 0.5) is 19.0 Å². The molecule has 1 unspecified atom stereocenters. The minimum atomic E-state index is -4.91. The quantitative estimate of drug-likeness (QED) is 0.514. The summed E-state index contributed by atoms with van der Waals surface area (Å²) < 4.78 is 42.1. The number of halogens is 4. The SMILES string of the molecule is CN(C)C(=O)c1ccc(N2CCC(CC3CCN(C(=O)C(N)(c4ccccc4)C(F)(F)F)CC3)CC2)nc1Cl. The number of hydrogen-bond acceptors (Lipinski definition) is 5. The summed E-state index contributed by atoms with van der Waals surface area (Å²) in [4.78, 5) is 34.6. The maximum Gasteiger partial charge on any atom is 0.419 e. The van der Waals surface area contributed by atoms with Crippen LogP contribution in [0, 0.1) is 11.8 Å². The van der Waals surface area contributed by atoms with Gasteiger partial charge in [-0.05, 0) is 61.6 Å². The first-order valence-electron chi connectivity index (χ1n) is 13.3. The second-order valence-electron chi connectivity index (χ2n) is 10.8. The minimum Gasteiger partial charge on any atom is -0.357 e. The molecule has 1 aromatic carbocycles. The van der Waals surface area contributed by atoms with Crippen molar-refractivity contribution in [3.05, 3.63) is 58.7 Å². The Bertz CT molecular complexity index is 1160. The molecule has 2 amide bonds. The second kappa shape index (κ2) is 11.7.